The van der Waals surface area contributed by atoms with Gasteiger partial charge in [-0.15, -0.1) is 0 Å². The molecule has 0 bridgehead atoms. The Kier molecular flexibility index (Phi) is 5.57. The van der Waals surface area contributed by atoms with Crippen LogP contribution in [-0.2, 0) is 6.54 Å². The van der Waals surface area contributed by atoms with Crippen molar-refractivity contribution < 1.29 is 4.79 Å². The van der Waals surface area contributed by atoms with Crippen molar-refractivity contribution in [1.82, 2.24) is 14.8 Å². The third kappa shape index (κ3) is 3.96. The number of hydrogen-bond donors (Lipinski definition) is 0. The van der Waals surface area contributed by atoms with Crippen LogP contribution in [0.2, 0.25) is 0 Å². The van der Waals surface area contributed by atoms with E-state index in [2.05, 4.69) is 10.00 Å². The van der Waals surface area contributed by atoms with E-state index < -0.39 is 0 Å². The predicted octanol–water partition coefficient (Wildman–Crippen LogP) is 4.70. The third-order valence-corrected chi connectivity index (χ3v) is 6.95. The SMILES string of the molecule is Cc1ccc(C(=O)Cn2nc(-c3ccccc3)c3sc(N4CCCCC4)nc3c2=O)cc1. The lowest BCUT2D eigenvalue weighted by Gasteiger charge is -2.25. The van der Waals surface area contributed by atoms with E-state index in [0.29, 0.717) is 16.8 Å². The average Bonchev–Trinajstić information content (AvgIpc) is 3.28. The fourth-order valence-corrected chi connectivity index (χ4v) is 5.14. The van der Waals surface area contributed by atoms with Crippen molar-refractivity contribution >= 4 is 32.5 Å². The molecule has 0 amide bonds. The molecule has 1 saturated heterocycles. The normalized spacial score (nSPS) is 14.1. The minimum atomic E-state index is -0.320. The van der Waals surface area contributed by atoms with Gasteiger partial charge in [-0.05, 0) is 26.2 Å². The molecule has 4 aromatic rings. The standard InChI is InChI=1S/C25H24N4O2S/c1-17-10-12-18(13-11-17)20(30)16-29-24(31)22-23(21(27-29)19-8-4-2-5-9-19)32-25(26-22)28-14-6-3-7-15-28/h2,4-5,8-13H,3,6-7,14-16H2,1H3. The number of nitrogens with zero attached hydrogens (tertiary/aromatic N) is 4. The van der Waals surface area contributed by atoms with Crippen LogP contribution in [-0.4, -0.2) is 33.6 Å². The molecule has 162 valence electrons. The molecule has 5 rings (SSSR count). The van der Waals surface area contributed by atoms with Gasteiger partial charge in [-0.25, -0.2) is 9.67 Å². The first-order valence-electron chi connectivity index (χ1n) is 10.9. The molecular formula is C25H24N4O2S. The molecular weight excluding hydrogens is 420 g/mol. The van der Waals surface area contributed by atoms with Crippen LogP contribution in [0.3, 0.4) is 0 Å². The number of piperidine rings is 1. The first-order chi connectivity index (χ1) is 15.6. The van der Waals surface area contributed by atoms with Gasteiger partial charge in [0.2, 0.25) is 0 Å². The van der Waals surface area contributed by atoms with Gasteiger partial charge in [-0.1, -0.05) is 71.5 Å². The van der Waals surface area contributed by atoms with Crippen LogP contribution in [0.25, 0.3) is 21.5 Å². The molecule has 0 aliphatic carbocycles. The Morgan fingerprint density at radius 2 is 1.72 bits per heavy atom. The van der Waals surface area contributed by atoms with Crippen molar-refractivity contribution in [3.05, 3.63) is 76.1 Å². The highest BCUT2D eigenvalue weighted by molar-refractivity contribution is 7.22. The summed E-state index contributed by atoms with van der Waals surface area (Å²) in [5.41, 5.74) is 3.32. The molecule has 2 aromatic carbocycles. The van der Waals surface area contributed by atoms with E-state index in [9.17, 15) is 9.59 Å². The summed E-state index contributed by atoms with van der Waals surface area (Å²) in [6.07, 6.45) is 3.50. The molecule has 7 heteroatoms. The Morgan fingerprint density at radius 1 is 1.00 bits per heavy atom. The molecule has 0 saturated carbocycles. The van der Waals surface area contributed by atoms with Crippen molar-refractivity contribution in [2.75, 3.05) is 18.0 Å². The number of hydrogen-bond acceptors (Lipinski definition) is 6. The lowest BCUT2D eigenvalue weighted by molar-refractivity contribution is 0.0966. The smallest absolute Gasteiger partial charge is 0.294 e. The summed E-state index contributed by atoms with van der Waals surface area (Å²) in [5, 5.41) is 5.51. The number of Topliss-reactive ketones (excluding diaryl/α,β-unsaturated/α-hetero) is 1. The molecule has 0 N–H and O–H groups in total. The third-order valence-electron chi connectivity index (χ3n) is 5.83. The molecule has 1 fully saturated rings. The van der Waals surface area contributed by atoms with E-state index >= 15 is 0 Å². The summed E-state index contributed by atoms with van der Waals surface area (Å²) in [6.45, 7) is 3.76. The highest BCUT2D eigenvalue weighted by atomic mass is 32.1. The van der Waals surface area contributed by atoms with Crippen molar-refractivity contribution in [3.8, 4) is 11.3 Å². The summed E-state index contributed by atoms with van der Waals surface area (Å²) in [7, 11) is 0. The van der Waals surface area contributed by atoms with Gasteiger partial charge in [-0.2, -0.15) is 5.10 Å². The number of anilines is 1. The fourth-order valence-electron chi connectivity index (χ4n) is 4.03. The van der Waals surface area contributed by atoms with Gasteiger partial charge in [0.25, 0.3) is 5.56 Å². The summed E-state index contributed by atoms with van der Waals surface area (Å²) < 4.78 is 2.05. The van der Waals surface area contributed by atoms with Gasteiger partial charge < -0.3 is 4.90 Å². The first-order valence-corrected chi connectivity index (χ1v) is 11.7. The quantitative estimate of drug-likeness (QED) is 0.417. The number of ketones is 1. The highest BCUT2D eigenvalue weighted by Crippen LogP contribution is 2.34. The molecule has 3 heterocycles. The average molecular weight is 445 g/mol. The summed E-state index contributed by atoms with van der Waals surface area (Å²) in [4.78, 5) is 33.2. The number of benzene rings is 2. The number of aromatic nitrogens is 3. The van der Waals surface area contributed by atoms with Crippen molar-refractivity contribution in [3.63, 3.8) is 0 Å². The highest BCUT2D eigenvalue weighted by Gasteiger charge is 2.22. The van der Waals surface area contributed by atoms with Crippen LogP contribution in [0.15, 0.2) is 59.4 Å². The minimum absolute atomic E-state index is 0.117. The van der Waals surface area contributed by atoms with E-state index in [4.69, 9.17) is 4.98 Å². The summed E-state index contributed by atoms with van der Waals surface area (Å²) >= 11 is 1.52. The summed E-state index contributed by atoms with van der Waals surface area (Å²) in [6, 6.07) is 17.2. The van der Waals surface area contributed by atoms with Crippen molar-refractivity contribution in [2.24, 2.45) is 0 Å². The van der Waals surface area contributed by atoms with E-state index in [0.717, 1.165) is 46.9 Å². The van der Waals surface area contributed by atoms with E-state index in [1.54, 1.807) is 12.1 Å². The molecule has 32 heavy (non-hydrogen) atoms. The van der Waals surface area contributed by atoms with Crippen molar-refractivity contribution in [2.45, 2.75) is 32.7 Å². The monoisotopic (exact) mass is 444 g/mol. The van der Waals surface area contributed by atoms with E-state index in [1.165, 1.54) is 22.4 Å². The maximum atomic E-state index is 13.3. The number of fused-ring (bicyclic) bond motifs is 1. The Balaban J connectivity index is 1.61. The molecule has 0 unspecified atom stereocenters. The Bertz CT molecular complexity index is 1320. The zero-order valence-corrected chi connectivity index (χ0v) is 18.8. The Hall–Kier alpha value is -3.32. The van der Waals surface area contributed by atoms with Crippen LogP contribution in [0.5, 0.6) is 0 Å². The minimum Gasteiger partial charge on any atom is -0.348 e. The zero-order chi connectivity index (χ0) is 22.1. The molecule has 0 spiro atoms. The first kappa shape index (κ1) is 20.6. The van der Waals surface area contributed by atoms with Gasteiger partial charge in [0.15, 0.2) is 16.4 Å². The second-order valence-electron chi connectivity index (χ2n) is 8.19. The fraction of sp³-hybridized carbons (Fsp3) is 0.280. The van der Waals surface area contributed by atoms with E-state index in [-0.39, 0.29) is 17.9 Å². The van der Waals surface area contributed by atoms with Crippen molar-refractivity contribution in [1.29, 1.82) is 0 Å². The second-order valence-corrected chi connectivity index (χ2v) is 9.17. The number of carbonyl (C=O) groups excluding carboxylic acids is 1. The largest absolute Gasteiger partial charge is 0.348 e. The van der Waals surface area contributed by atoms with E-state index in [1.807, 2.05) is 49.4 Å². The number of aryl methyl sites for hydroxylation is 1. The van der Waals surface area contributed by atoms with Gasteiger partial charge in [0.1, 0.15) is 12.2 Å². The maximum absolute atomic E-state index is 13.3. The van der Waals surface area contributed by atoms with Gasteiger partial charge in [-0.3, -0.25) is 9.59 Å². The molecule has 6 nitrogen and oxygen atoms in total. The molecule has 2 aromatic heterocycles. The van der Waals surface area contributed by atoms with Gasteiger partial charge in [0, 0.05) is 24.2 Å². The Morgan fingerprint density at radius 3 is 2.44 bits per heavy atom. The predicted molar refractivity (Wildman–Crippen MR) is 129 cm³/mol. The lowest BCUT2D eigenvalue weighted by Crippen LogP contribution is -2.29. The second kappa shape index (κ2) is 8.67. The molecule has 0 radical (unpaired) electrons. The molecule has 0 atom stereocenters. The zero-order valence-electron chi connectivity index (χ0n) is 18.0. The Labute approximate surface area is 190 Å². The van der Waals surface area contributed by atoms with Crippen LogP contribution in [0, 0.1) is 6.92 Å². The topological polar surface area (TPSA) is 68.1 Å². The maximum Gasteiger partial charge on any atom is 0.294 e. The molecule has 1 aliphatic heterocycles. The van der Waals surface area contributed by atoms with Crippen LogP contribution in [0.1, 0.15) is 35.2 Å². The van der Waals surface area contributed by atoms with Crippen LogP contribution < -0.4 is 10.5 Å². The summed E-state index contributed by atoms with van der Waals surface area (Å²) in [5.74, 6) is -0.149. The number of thiazole rings is 1. The number of carbonyl (C=O) groups is 1. The van der Waals surface area contributed by atoms with Crippen LogP contribution >= 0.6 is 11.3 Å². The molecule has 1 aliphatic rings. The lowest BCUT2D eigenvalue weighted by atomic mass is 10.1. The van der Waals surface area contributed by atoms with Gasteiger partial charge in [0.05, 0.1) is 4.70 Å². The number of rotatable bonds is 5. The van der Waals surface area contributed by atoms with Crippen LogP contribution in [0.4, 0.5) is 5.13 Å². The van der Waals surface area contributed by atoms with Gasteiger partial charge >= 0.3 is 0 Å².